The van der Waals surface area contributed by atoms with Gasteiger partial charge in [0.15, 0.2) is 0 Å². The third-order valence-electron chi connectivity index (χ3n) is 1.21. The monoisotopic (exact) mass is 218 g/mol. The highest BCUT2D eigenvalue weighted by atomic mass is 33.1. The lowest BCUT2D eigenvalue weighted by molar-refractivity contribution is 1.45. The first kappa shape index (κ1) is 9.45. The van der Waals surface area contributed by atoms with Gasteiger partial charge in [-0.1, -0.05) is 30.4 Å². The smallest absolute Gasteiger partial charge is 0.0893 e. The molecule has 1 aromatic carbocycles. The van der Waals surface area contributed by atoms with Crippen LogP contribution in [0.2, 0.25) is 0 Å². The maximum Gasteiger partial charge on any atom is 0.0893 e. The van der Waals surface area contributed by atoms with E-state index in [1.54, 1.807) is 0 Å². The Balaban J connectivity index is 3.03. The third kappa shape index (κ3) is 2.40. The van der Waals surface area contributed by atoms with Crippen molar-refractivity contribution in [3.63, 3.8) is 0 Å². The van der Waals surface area contributed by atoms with Crippen LogP contribution in [0, 0.1) is 0 Å². The van der Waals surface area contributed by atoms with Gasteiger partial charge in [-0.05, 0) is 16.9 Å². The predicted octanol–water partition coefficient (Wildman–Crippen LogP) is 3.23. The van der Waals surface area contributed by atoms with Gasteiger partial charge in [-0.15, -0.1) is 24.3 Å². The van der Waals surface area contributed by atoms with Crippen molar-refractivity contribution in [2.24, 2.45) is 0 Å². The average Bonchev–Trinajstić information content (AvgIpc) is 2.04. The summed E-state index contributed by atoms with van der Waals surface area (Å²) in [4.78, 5) is 0.902. The Morgan fingerprint density at radius 2 is 2.00 bits per heavy atom. The van der Waals surface area contributed by atoms with E-state index in [1.165, 1.54) is 10.8 Å². The van der Waals surface area contributed by atoms with E-state index in [2.05, 4.69) is 24.3 Å². The van der Waals surface area contributed by atoms with Gasteiger partial charge in [0.1, 0.15) is 0 Å². The van der Waals surface area contributed by atoms with Crippen LogP contribution in [0.3, 0.4) is 0 Å². The second-order valence-corrected chi connectivity index (χ2v) is 4.18. The lowest BCUT2D eigenvalue weighted by atomic mass is 10.2. The second kappa shape index (κ2) is 4.40. The van der Waals surface area contributed by atoms with Crippen LogP contribution >= 0.6 is 47.3 Å². The maximum atomic E-state index is 5.05. The Labute approximate surface area is 86.0 Å². The molecule has 0 aromatic heterocycles. The van der Waals surface area contributed by atoms with Crippen LogP contribution in [-0.4, -0.2) is 4.20 Å². The predicted molar refractivity (Wildman–Crippen MR) is 62.0 cm³/mol. The van der Waals surface area contributed by atoms with E-state index in [1.807, 2.05) is 24.3 Å². The summed E-state index contributed by atoms with van der Waals surface area (Å²) in [5, 5.41) is 0. The van der Waals surface area contributed by atoms with Crippen molar-refractivity contribution in [3.05, 3.63) is 29.8 Å². The van der Waals surface area contributed by atoms with E-state index in [4.69, 9.17) is 12.2 Å². The number of rotatable bonds is 1. The summed E-state index contributed by atoms with van der Waals surface area (Å²) in [5.74, 6) is 0. The van der Waals surface area contributed by atoms with Crippen LogP contribution in [0.5, 0.6) is 0 Å². The highest BCUT2D eigenvalue weighted by molar-refractivity contribution is 8.76. The zero-order valence-corrected chi connectivity index (χ0v) is 8.94. The summed E-state index contributed by atoms with van der Waals surface area (Å²) in [5.41, 5.74) is 0.978. The number of thiocarbonyl (C=S) groups is 1. The van der Waals surface area contributed by atoms with Crippen LogP contribution in [0.1, 0.15) is 5.56 Å². The Hall–Kier alpha value is 0.360. The molecule has 0 spiro atoms. The van der Waals surface area contributed by atoms with Crippen molar-refractivity contribution in [1.29, 1.82) is 0 Å². The van der Waals surface area contributed by atoms with E-state index in [0.29, 0.717) is 0 Å². The number of hydrogen-bond acceptors (Lipinski definition) is 4. The van der Waals surface area contributed by atoms with Crippen molar-refractivity contribution >= 4 is 51.5 Å². The number of hydrogen-bond donors (Lipinski definition) is 2. The van der Waals surface area contributed by atoms with Gasteiger partial charge in [-0.3, -0.25) is 0 Å². The molecule has 0 amide bonds. The first-order chi connectivity index (χ1) is 5.25. The normalized spacial score (nSPS) is 9.64. The molecule has 4 heteroatoms. The molecular formula is C7H6S4. The summed E-state index contributed by atoms with van der Waals surface area (Å²) in [7, 11) is 1.27. The van der Waals surface area contributed by atoms with E-state index < -0.39 is 0 Å². The standard InChI is InChI=1S/C7H6S4/c8-6-4-2-1-3-5(6)7(9)11-10/h1-4,8,10H. The minimum atomic E-state index is 0.763. The Bertz CT molecular complexity index is 269. The summed E-state index contributed by atoms with van der Waals surface area (Å²) in [6.45, 7) is 0. The van der Waals surface area contributed by atoms with E-state index in [9.17, 15) is 0 Å². The molecular weight excluding hydrogens is 212 g/mol. The van der Waals surface area contributed by atoms with Crippen LogP contribution in [0.15, 0.2) is 29.2 Å². The van der Waals surface area contributed by atoms with Crippen molar-refractivity contribution < 1.29 is 0 Å². The molecule has 0 radical (unpaired) electrons. The zero-order chi connectivity index (χ0) is 8.27. The first-order valence-corrected chi connectivity index (χ1v) is 5.62. The lowest BCUT2D eigenvalue weighted by Gasteiger charge is -2.01. The fraction of sp³-hybridized carbons (Fsp3) is 0. The summed E-state index contributed by atoms with van der Waals surface area (Å²) in [6.07, 6.45) is 0. The zero-order valence-electron chi connectivity index (χ0n) is 5.52. The quantitative estimate of drug-likeness (QED) is 0.422. The van der Waals surface area contributed by atoms with E-state index in [-0.39, 0.29) is 0 Å². The van der Waals surface area contributed by atoms with Crippen molar-refractivity contribution in [2.45, 2.75) is 4.90 Å². The largest absolute Gasteiger partial charge is 0.143 e. The van der Waals surface area contributed by atoms with Crippen LogP contribution in [-0.2, 0) is 0 Å². The Morgan fingerprint density at radius 3 is 2.55 bits per heavy atom. The molecule has 0 atom stereocenters. The first-order valence-electron chi connectivity index (χ1n) is 2.89. The molecule has 0 N–H and O–H groups in total. The average molecular weight is 218 g/mol. The van der Waals surface area contributed by atoms with E-state index >= 15 is 0 Å². The topological polar surface area (TPSA) is 0 Å². The molecule has 1 aromatic rings. The molecule has 0 nitrogen and oxygen atoms in total. The van der Waals surface area contributed by atoms with Gasteiger partial charge in [-0.2, -0.15) is 0 Å². The summed E-state index contributed by atoms with van der Waals surface area (Å²) < 4.78 is 0.763. The Morgan fingerprint density at radius 1 is 1.36 bits per heavy atom. The molecule has 0 saturated heterocycles. The third-order valence-corrected chi connectivity index (χ3v) is 3.37. The molecule has 0 unspecified atom stereocenters. The van der Waals surface area contributed by atoms with Gasteiger partial charge in [0.2, 0.25) is 0 Å². The van der Waals surface area contributed by atoms with Gasteiger partial charge < -0.3 is 0 Å². The fourth-order valence-corrected chi connectivity index (χ4v) is 1.87. The van der Waals surface area contributed by atoms with Crippen molar-refractivity contribution in [2.75, 3.05) is 0 Å². The second-order valence-electron chi connectivity index (χ2n) is 1.90. The summed E-state index contributed by atoms with van der Waals surface area (Å²) >= 11 is 13.3. The highest BCUT2D eigenvalue weighted by Crippen LogP contribution is 2.22. The molecule has 0 bridgehead atoms. The van der Waals surface area contributed by atoms with Crippen LogP contribution < -0.4 is 0 Å². The van der Waals surface area contributed by atoms with Crippen LogP contribution in [0.25, 0.3) is 0 Å². The Kier molecular flexibility index (Phi) is 3.78. The van der Waals surface area contributed by atoms with E-state index in [0.717, 1.165) is 14.7 Å². The molecule has 0 aliphatic carbocycles. The number of benzene rings is 1. The maximum absolute atomic E-state index is 5.05. The minimum Gasteiger partial charge on any atom is -0.143 e. The molecule has 0 aliphatic rings. The molecule has 58 valence electrons. The summed E-state index contributed by atoms with van der Waals surface area (Å²) in [6, 6.07) is 7.71. The van der Waals surface area contributed by atoms with Gasteiger partial charge in [0.05, 0.1) is 4.20 Å². The molecule has 0 aliphatic heterocycles. The SMILES string of the molecule is S=C(SS)c1ccccc1S. The van der Waals surface area contributed by atoms with Crippen molar-refractivity contribution in [3.8, 4) is 0 Å². The molecule has 0 heterocycles. The minimum absolute atomic E-state index is 0.763. The van der Waals surface area contributed by atoms with Gasteiger partial charge in [0, 0.05) is 10.5 Å². The molecule has 1 rings (SSSR count). The molecule has 0 saturated carbocycles. The van der Waals surface area contributed by atoms with Crippen molar-refractivity contribution in [1.82, 2.24) is 0 Å². The van der Waals surface area contributed by atoms with Gasteiger partial charge >= 0.3 is 0 Å². The molecule has 0 fully saturated rings. The van der Waals surface area contributed by atoms with Gasteiger partial charge in [0.25, 0.3) is 0 Å². The van der Waals surface area contributed by atoms with Gasteiger partial charge in [-0.25, -0.2) is 0 Å². The number of thiol groups is 2. The molecule has 11 heavy (non-hydrogen) atoms. The fourth-order valence-electron chi connectivity index (χ4n) is 0.695. The lowest BCUT2D eigenvalue weighted by Crippen LogP contribution is -1.89. The highest BCUT2D eigenvalue weighted by Gasteiger charge is 2.02. The van der Waals surface area contributed by atoms with Crippen LogP contribution in [0.4, 0.5) is 0 Å².